The number of hydrogen-bond acceptors (Lipinski definition) is 2. The van der Waals surface area contributed by atoms with E-state index < -0.39 is 0 Å². The molecule has 0 aromatic carbocycles. The van der Waals surface area contributed by atoms with Gasteiger partial charge in [-0.3, -0.25) is 0 Å². The lowest BCUT2D eigenvalue weighted by atomic mass is 9.97. The van der Waals surface area contributed by atoms with Gasteiger partial charge in [-0.05, 0) is 44.7 Å². The molecule has 1 atom stereocenters. The summed E-state index contributed by atoms with van der Waals surface area (Å²) in [5, 5.41) is 3.53. The highest BCUT2D eigenvalue weighted by molar-refractivity contribution is 4.62. The zero-order valence-corrected chi connectivity index (χ0v) is 10.8. The Bertz CT molecular complexity index is 117. The van der Waals surface area contributed by atoms with Crippen molar-refractivity contribution < 1.29 is 4.74 Å². The Morgan fingerprint density at radius 3 is 2.47 bits per heavy atom. The van der Waals surface area contributed by atoms with Gasteiger partial charge in [0, 0.05) is 13.7 Å². The molecule has 0 fully saturated rings. The van der Waals surface area contributed by atoms with Crippen molar-refractivity contribution in [1.82, 2.24) is 5.32 Å². The second kappa shape index (κ2) is 12.0. The Labute approximate surface area is 95.8 Å². The van der Waals surface area contributed by atoms with Crippen molar-refractivity contribution in [2.45, 2.75) is 52.4 Å². The largest absolute Gasteiger partial charge is 0.385 e. The number of hydrogen-bond donors (Lipinski definition) is 1. The smallest absolute Gasteiger partial charge is 0.0462 e. The number of rotatable bonds is 11. The first-order valence-corrected chi connectivity index (χ1v) is 6.54. The van der Waals surface area contributed by atoms with E-state index in [0.29, 0.717) is 0 Å². The molecule has 0 heterocycles. The van der Waals surface area contributed by atoms with E-state index in [1.54, 1.807) is 7.11 Å². The van der Waals surface area contributed by atoms with Gasteiger partial charge in [0.05, 0.1) is 0 Å². The lowest BCUT2D eigenvalue weighted by Gasteiger charge is -2.16. The monoisotopic (exact) mass is 215 g/mol. The topological polar surface area (TPSA) is 21.3 Å². The van der Waals surface area contributed by atoms with E-state index in [2.05, 4.69) is 19.2 Å². The minimum absolute atomic E-state index is 0.874. The van der Waals surface area contributed by atoms with Gasteiger partial charge in [-0.15, -0.1) is 0 Å². The van der Waals surface area contributed by atoms with Gasteiger partial charge < -0.3 is 10.1 Å². The van der Waals surface area contributed by atoms with Crippen LogP contribution in [0.5, 0.6) is 0 Å². The Kier molecular flexibility index (Phi) is 11.9. The van der Waals surface area contributed by atoms with Crippen LogP contribution >= 0.6 is 0 Å². The van der Waals surface area contributed by atoms with Crippen LogP contribution in [0.4, 0.5) is 0 Å². The minimum Gasteiger partial charge on any atom is -0.385 e. The van der Waals surface area contributed by atoms with Gasteiger partial charge in [-0.2, -0.15) is 0 Å². The molecule has 0 bridgehead atoms. The van der Waals surface area contributed by atoms with E-state index >= 15 is 0 Å². The number of methoxy groups -OCH3 is 1. The molecule has 0 saturated heterocycles. The van der Waals surface area contributed by atoms with Crippen LogP contribution < -0.4 is 5.32 Å². The van der Waals surface area contributed by atoms with Crippen LogP contribution in [-0.4, -0.2) is 26.8 Å². The Morgan fingerprint density at radius 2 is 1.87 bits per heavy atom. The van der Waals surface area contributed by atoms with Crippen molar-refractivity contribution in [3.05, 3.63) is 0 Å². The van der Waals surface area contributed by atoms with Crippen LogP contribution in [0.2, 0.25) is 0 Å². The Morgan fingerprint density at radius 1 is 1.07 bits per heavy atom. The molecule has 0 saturated carbocycles. The first kappa shape index (κ1) is 14.9. The standard InChI is InChI=1S/C13H29NO/c1-4-8-13(12-14-10-5-2)9-6-7-11-15-3/h13-14H,4-12H2,1-3H3. The maximum Gasteiger partial charge on any atom is 0.0462 e. The van der Waals surface area contributed by atoms with Crippen LogP contribution in [0.25, 0.3) is 0 Å². The first-order valence-electron chi connectivity index (χ1n) is 6.54. The second-order valence-electron chi connectivity index (χ2n) is 4.35. The highest BCUT2D eigenvalue weighted by Gasteiger charge is 2.06. The third-order valence-electron chi connectivity index (χ3n) is 2.77. The summed E-state index contributed by atoms with van der Waals surface area (Å²) >= 11 is 0. The molecule has 2 nitrogen and oxygen atoms in total. The summed E-state index contributed by atoms with van der Waals surface area (Å²) < 4.78 is 5.07. The highest BCUT2D eigenvalue weighted by Crippen LogP contribution is 2.13. The first-order chi connectivity index (χ1) is 7.35. The van der Waals surface area contributed by atoms with Crippen LogP contribution in [0.3, 0.4) is 0 Å². The molecule has 0 amide bonds. The van der Waals surface area contributed by atoms with E-state index in [0.717, 1.165) is 19.1 Å². The maximum absolute atomic E-state index is 5.07. The van der Waals surface area contributed by atoms with Gasteiger partial charge in [-0.25, -0.2) is 0 Å². The fourth-order valence-electron chi connectivity index (χ4n) is 1.92. The summed E-state index contributed by atoms with van der Waals surface area (Å²) in [6, 6.07) is 0. The molecular formula is C13H29NO. The molecule has 1 N–H and O–H groups in total. The van der Waals surface area contributed by atoms with Gasteiger partial charge >= 0.3 is 0 Å². The molecule has 0 aliphatic heterocycles. The minimum atomic E-state index is 0.874. The third kappa shape index (κ3) is 10.2. The normalized spacial score (nSPS) is 13.0. The summed E-state index contributed by atoms with van der Waals surface area (Å²) in [5.74, 6) is 0.874. The molecule has 92 valence electrons. The number of ether oxygens (including phenoxy) is 1. The van der Waals surface area contributed by atoms with Gasteiger partial charge in [0.25, 0.3) is 0 Å². The predicted octanol–water partition coefficient (Wildman–Crippen LogP) is 3.22. The molecule has 0 aromatic rings. The quantitative estimate of drug-likeness (QED) is 0.534. The maximum atomic E-state index is 5.07. The van der Waals surface area contributed by atoms with Crippen molar-refractivity contribution in [2.24, 2.45) is 5.92 Å². The lowest BCUT2D eigenvalue weighted by molar-refractivity contribution is 0.189. The van der Waals surface area contributed by atoms with Gasteiger partial charge in [0.15, 0.2) is 0 Å². The van der Waals surface area contributed by atoms with E-state index in [1.807, 2.05) is 0 Å². The molecule has 0 aliphatic rings. The highest BCUT2D eigenvalue weighted by atomic mass is 16.5. The molecular weight excluding hydrogens is 186 g/mol. The second-order valence-corrected chi connectivity index (χ2v) is 4.35. The molecule has 0 radical (unpaired) electrons. The lowest BCUT2D eigenvalue weighted by Crippen LogP contribution is -2.23. The average Bonchev–Trinajstić information content (AvgIpc) is 2.24. The van der Waals surface area contributed by atoms with E-state index in [4.69, 9.17) is 4.74 Å². The fraction of sp³-hybridized carbons (Fsp3) is 1.00. The molecule has 15 heavy (non-hydrogen) atoms. The number of nitrogens with one attached hydrogen (secondary N) is 1. The summed E-state index contributed by atoms with van der Waals surface area (Å²) in [5.41, 5.74) is 0. The van der Waals surface area contributed by atoms with Crippen LogP contribution in [0.1, 0.15) is 52.4 Å². The summed E-state index contributed by atoms with van der Waals surface area (Å²) in [7, 11) is 1.78. The molecule has 0 aromatic heterocycles. The molecule has 0 spiro atoms. The SMILES string of the molecule is CCCNCC(CCC)CCCCOC. The van der Waals surface area contributed by atoms with Crippen molar-refractivity contribution >= 4 is 0 Å². The van der Waals surface area contributed by atoms with Crippen LogP contribution in [0.15, 0.2) is 0 Å². The zero-order chi connectivity index (χ0) is 11.4. The summed E-state index contributed by atoms with van der Waals surface area (Å²) in [4.78, 5) is 0. The van der Waals surface area contributed by atoms with Crippen molar-refractivity contribution in [3.8, 4) is 0 Å². The Hall–Kier alpha value is -0.0800. The zero-order valence-electron chi connectivity index (χ0n) is 10.8. The molecule has 0 rings (SSSR count). The Balaban J connectivity index is 3.44. The van der Waals surface area contributed by atoms with Crippen LogP contribution in [-0.2, 0) is 4.74 Å². The summed E-state index contributed by atoms with van der Waals surface area (Å²) in [6.45, 7) is 7.79. The van der Waals surface area contributed by atoms with Crippen LogP contribution in [0, 0.1) is 5.92 Å². The fourth-order valence-corrected chi connectivity index (χ4v) is 1.92. The predicted molar refractivity (Wildman–Crippen MR) is 67.3 cm³/mol. The third-order valence-corrected chi connectivity index (χ3v) is 2.77. The van der Waals surface area contributed by atoms with Crippen molar-refractivity contribution in [2.75, 3.05) is 26.8 Å². The van der Waals surface area contributed by atoms with Gasteiger partial charge in [0.2, 0.25) is 0 Å². The van der Waals surface area contributed by atoms with Gasteiger partial charge in [0.1, 0.15) is 0 Å². The van der Waals surface area contributed by atoms with Gasteiger partial charge in [-0.1, -0.05) is 26.7 Å². The van der Waals surface area contributed by atoms with Crippen molar-refractivity contribution in [1.29, 1.82) is 0 Å². The van der Waals surface area contributed by atoms with E-state index in [-0.39, 0.29) is 0 Å². The van der Waals surface area contributed by atoms with Crippen molar-refractivity contribution in [3.63, 3.8) is 0 Å². The molecule has 0 aliphatic carbocycles. The average molecular weight is 215 g/mol. The van der Waals surface area contributed by atoms with E-state index in [9.17, 15) is 0 Å². The van der Waals surface area contributed by atoms with E-state index in [1.165, 1.54) is 45.1 Å². The molecule has 2 heteroatoms. The summed E-state index contributed by atoms with van der Waals surface area (Å²) in [6.07, 6.45) is 7.79. The molecule has 1 unspecified atom stereocenters. The number of unbranched alkanes of at least 4 members (excludes halogenated alkanes) is 1.